The van der Waals surface area contributed by atoms with Crippen molar-refractivity contribution in [2.45, 2.75) is 39.8 Å². The van der Waals surface area contributed by atoms with Crippen molar-refractivity contribution in [3.8, 4) is 0 Å². The Labute approximate surface area is 131 Å². The second-order valence-corrected chi connectivity index (χ2v) is 6.27. The summed E-state index contributed by atoms with van der Waals surface area (Å²) in [6.07, 6.45) is 0. The maximum atomic E-state index is 10.6. The number of nitrogens with one attached hydrogen (secondary N) is 2. The van der Waals surface area contributed by atoms with Crippen LogP contribution >= 0.6 is 0 Å². The van der Waals surface area contributed by atoms with Gasteiger partial charge >= 0.3 is 0 Å². The number of hydrogen-bond donors (Lipinski definition) is 2. The molecule has 0 radical (unpaired) electrons. The van der Waals surface area contributed by atoms with Crippen LogP contribution < -0.4 is 10.6 Å². The summed E-state index contributed by atoms with van der Waals surface area (Å²) in [6, 6.07) is 6.41. The lowest BCUT2D eigenvalue weighted by molar-refractivity contribution is -0.384. The Morgan fingerprint density at radius 1 is 1.32 bits per heavy atom. The maximum Gasteiger partial charge on any atom is 0.269 e. The van der Waals surface area contributed by atoms with Gasteiger partial charge in [-0.3, -0.25) is 10.1 Å². The number of rotatable bonds is 5. The first-order chi connectivity index (χ1) is 10.2. The molecule has 0 amide bonds. The standard InChI is InChI=1S/C16H24N4O2/c1-12(2)10-17-15(19-16(3,4)5)18-11-13-6-8-14(9-7-13)20(21)22/h6-9H,1,10-11H2,2-5H3,(H2,17,18,19). The normalized spacial score (nSPS) is 11.9. The minimum atomic E-state index is -0.409. The van der Waals surface area contributed by atoms with Gasteiger partial charge in [-0.1, -0.05) is 24.3 Å². The van der Waals surface area contributed by atoms with Crippen molar-refractivity contribution in [3.05, 3.63) is 52.1 Å². The van der Waals surface area contributed by atoms with E-state index >= 15 is 0 Å². The molecule has 0 aliphatic heterocycles. The van der Waals surface area contributed by atoms with E-state index in [2.05, 4.69) is 43.0 Å². The zero-order valence-electron chi connectivity index (χ0n) is 13.6. The predicted octanol–water partition coefficient (Wildman–Crippen LogP) is 3.00. The lowest BCUT2D eigenvalue weighted by Gasteiger charge is -2.24. The fourth-order valence-electron chi connectivity index (χ4n) is 1.62. The average molecular weight is 304 g/mol. The van der Waals surface area contributed by atoms with Crippen LogP contribution in [0.1, 0.15) is 33.3 Å². The van der Waals surface area contributed by atoms with E-state index in [1.54, 1.807) is 12.1 Å². The Hall–Kier alpha value is -2.37. The van der Waals surface area contributed by atoms with Crippen molar-refractivity contribution < 1.29 is 4.92 Å². The van der Waals surface area contributed by atoms with Crippen LogP contribution in [0.25, 0.3) is 0 Å². The summed E-state index contributed by atoms with van der Waals surface area (Å²) in [7, 11) is 0. The van der Waals surface area contributed by atoms with E-state index in [9.17, 15) is 10.1 Å². The minimum absolute atomic E-state index is 0.0844. The highest BCUT2D eigenvalue weighted by atomic mass is 16.6. The van der Waals surface area contributed by atoms with Gasteiger partial charge < -0.3 is 10.6 Å². The molecule has 2 N–H and O–H groups in total. The van der Waals surface area contributed by atoms with Crippen molar-refractivity contribution in [1.29, 1.82) is 0 Å². The number of nitro benzene ring substituents is 1. The Bertz CT molecular complexity index is 557. The van der Waals surface area contributed by atoms with Gasteiger partial charge in [0.05, 0.1) is 11.5 Å². The van der Waals surface area contributed by atoms with Crippen LogP contribution in [-0.2, 0) is 6.54 Å². The number of hydrogen-bond acceptors (Lipinski definition) is 3. The molecule has 22 heavy (non-hydrogen) atoms. The van der Waals surface area contributed by atoms with Crippen LogP contribution in [0.2, 0.25) is 0 Å². The summed E-state index contributed by atoms with van der Waals surface area (Å²) in [5.74, 6) is 0.689. The van der Waals surface area contributed by atoms with Crippen LogP contribution in [0.5, 0.6) is 0 Å². The lowest BCUT2D eigenvalue weighted by atomic mass is 10.1. The highest BCUT2D eigenvalue weighted by molar-refractivity contribution is 5.80. The third kappa shape index (κ3) is 6.88. The molecule has 0 bridgehead atoms. The van der Waals surface area contributed by atoms with Crippen molar-refractivity contribution in [2.75, 3.05) is 6.54 Å². The topological polar surface area (TPSA) is 79.6 Å². The molecule has 120 valence electrons. The summed E-state index contributed by atoms with van der Waals surface area (Å²) < 4.78 is 0. The third-order valence-electron chi connectivity index (χ3n) is 2.62. The monoisotopic (exact) mass is 304 g/mol. The van der Waals surface area contributed by atoms with Gasteiger partial charge in [-0.25, -0.2) is 4.99 Å². The average Bonchev–Trinajstić information content (AvgIpc) is 2.40. The van der Waals surface area contributed by atoms with Crippen molar-refractivity contribution >= 4 is 11.6 Å². The van der Waals surface area contributed by atoms with Gasteiger partial charge in [0, 0.05) is 24.2 Å². The molecular weight excluding hydrogens is 280 g/mol. The van der Waals surface area contributed by atoms with Crippen LogP contribution in [-0.4, -0.2) is 23.0 Å². The first kappa shape index (κ1) is 17.7. The largest absolute Gasteiger partial charge is 0.353 e. The van der Waals surface area contributed by atoms with Crippen LogP contribution in [0.4, 0.5) is 5.69 Å². The summed E-state index contributed by atoms with van der Waals surface area (Å²) in [5.41, 5.74) is 1.90. The van der Waals surface area contributed by atoms with Gasteiger partial charge in [0.2, 0.25) is 0 Å². The van der Waals surface area contributed by atoms with Gasteiger partial charge in [-0.2, -0.15) is 0 Å². The highest BCUT2D eigenvalue weighted by Gasteiger charge is 2.12. The summed E-state index contributed by atoms with van der Waals surface area (Å²) in [4.78, 5) is 14.7. The van der Waals surface area contributed by atoms with Gasteiger partial charge in [-0.15, -0.1) is 0 Å². The number of nitrogens with zero attached hydrogens (tertiary/aromatic N) is 2. The molecule has 6 nitrogen and oxygen atoms in total. The molecule has 1 aromatic rings. The molecule has 0 saturated heterocycles. The molecule has 0 saturated carbocycles. The molecule has 0 spiro atoms. The van der Waals surface area contributed by atoms with Crippen molar-refractivity contribution in [3.63, 3.8) is 0 Å². The predicted molar refractivity (Wildman–Crippen MR) is 89.9 cm³/mol. The molecule has 1 rings (SSSR count). The zero-order valence-corrected chi connectivity index (χ0v) is 13.6. The summed E-state index contributed by atoms with van der Waals surface area (Å²) in [5, 5.41) is 17.1. The van der Waals surface area contributed by atoms with E-state index in [1.165, 1.54) is 12.1 Å². The highest BCUT2D eigenvalue weighted by Crippen LogP contribution is 2.12. The number of guanidine groups is 1. The number of nitro groups is 1. The molecule has 0 fully saturated rings. The maximum absolute atomic E-state index is 10.6. The molecular formula is C16H24N4O2. The van der Waals surface area contributed by atoms with Crippen LogP contribution in [0.15, 0.2) is 41.4 Å². The Morgan fingerprint density at radius 2 is 1.91 bits per heavy atom. The molecule has 6 heteroatoms. The van der Waals surface area contributed by atoms with E-state index in [0.29, 0.717) is 19.0 Å². The van der Waals surface area contributed by atoms with Gasteiger partial charge in [0.1, 0.15) is 0 Å². The van der Waals surface area contributed by atoms with Gasteiger partial charge in [0.15, 0.2) is 5.96 Å². The number of aliphatic imine (C=N–C) groups is 1. The number of non-ortho nitro benzene ring substituents is 1. The van der Waals surface area contributed by atoms with Crippen LogP contribution in [0.3, 0.4) is 0 Å². The number of benzene rings is 1. The molecule has 0 unspecified atom stereocenters. The fourth-order valence-corrected chi connectivity index (χ4v) is 1.62. The van der Waals surface area contributed by atoms with Crippen molar-refractivity contribution in [1.82, 2.24) is 10.6 Å². The van der Waals surface area contributed by atoms with Crippen molar-refractivity contribution in [2.24, 2.45) is 4.99 Å². The molecule has 0 atom stereocenters. The van der Waals surface area contributed by atoms with Gasteiger partial charge in [-0.05, 0) is 33.3 Å². The molecule has 1 aromatic carbocycles. The van der Waals surface area contributed by atoms with E-state index in [0.717, 1.165) is 11.1 Å². The Balaban J connectivity index is 2.77. The summed E-state index contributed by atoms with van der Waals surface area (Å²) >= 11 is 0. The van der Waals surface area contributed by atoms with E-state index in [4.69, 9.17) is 0 Å². The van der Waals surface area contributed by atoms with Gasteiger partial charge in [0.25, 0.3) is 5.69 Å². The van der Waals surface area contributed by atoms with E-state index in [1.807, 2.05) is 6.92 Å². The molecule has 0 heterocycles. The lowest BCUT2D eigenvalue weighted by Crippen LogP contribution is -2.48. The van der Waals surface area contributed by atoms with E-state index in [-0.39, 0.29) is 11.2 Å². The van der Waals surface area contributed by atoms with Crippen LogP contribution in [0, 0.1) is 10.1 Å². The molecule has 0 aromatic heterocycles. The Morgan fingerprint density at radius 3 is 2.36 bits per heavy atom. The quantitative estimate of drug-likeness (QED) is 0.288. The molecule has 0 aliphatic rings. The second kappa shape index (κ2) is 7.59. The molecule has 0 aliphatic carbocycles. The van der Waals surface area contributed by atoms with E-state index < -0.39 is 4.92 Å². The SMILES string of the molecule is C=C(C)CNC(=NCc1ccc([N+](=O)[O-])cc1)NC(C)(C)C. The fraction of sp³-hybridized carbons (Fsp3) is 0.438. The first-order valence-corrected chi connectivity index (χ1v) is 7.11. The third-order valence-corrected chi connectivity index (χ3v) is 2.62. The Kier molecular flexibility index (Phi) is 6.10. The minimum Gasteiger partial charge on any atom is -0.353 e. The summed E-state index contributed by atoms with van der Waals surface area (Å²) in [6.45, 7) is 13.0. The first-order valence-electron chi connectivity index (χ1n) is 7.11. The zero-order chi connectivity index (χ0) is 16.8. The second-order valence-electron chi connectivity index (χ2n) is 6.27. The smallest absolute Gasteiger partial charge is 0.269 e.